The molecule has 4 rings (SSSR count). The number of carbonyl (C=O) groups is 1. The van der Waals surface area contributed by atoms with E-state index < -0.39 is 5.60 Å². The summed E-state index contributed by atoms with van der Waals surface area (Å²) in [6.45, 7) is 6.87. The van der Waals surface area contributed by atoms with Gasteiger partial charge in [0.05, 0.1) is 16.3 Å². The molecule has 1 aliphatic heterocycles. The molecule has 1 aromatic carbocycles. The maximum atomic E-state index is 13.5. The monoisotopic (exact) mass is 501 g/mol. The third-order valence-electron chi connectivity index (χ3n) is 5.27. The van der Waals surface area contributed by atoms with Crippen molar-refractivity contribution in [3.8, 4) is 21.8 Å². The van der Waals surface area contributed by atoms with Gasteiger partial charge in [-0.15, -0.1) is 0 Å². The summed E-state index contributed by atoms with van der Waals surface area (Å²) in [5, 5.41) is 4.99. The van der Waals surface area contributed by atoms with Gasteiger partial charge in [0.2, 0.25) is 0 Å². The molecule has 10 heteroatoms. The number of nitrogens with zero attached hydrogens (tertiary/aromatic N) is 4. The van der Waals surface area contributed by atoms with Crippen LogP contribution in [0.4, 0.5) is 14.3 Å². The maximum absolute atomic E-state index is 13.5. The number of rotatable bonds is 5. The number of thioether (sulfide) groups is 1. The van der Waals surface area contributed by atoms with E-state index in [4.69, 9.17) is 9.72 Å². The number of hydrogen-bond acceptors (Lipinski definition) is 8. The van der Waals surface area contributed by atoms with E-state index in [1.165, 1.54) is 35.2 Å². The second-order valence-electron chi connectivity index (χ2n) is 9.02. The van der Waals surface area contributed by atoms with Gasteiger partial charge in [0.15, 0.2) is 10.3 Å². The van der Waals surface area contributed by atoms with Crippen LogP contribution in [0.3, 0.4) is 0 Å². The molecule has 0 bridgehead atoms. The molecule has 2 aromatic heterocycles. The highest BCUT2D eigenvalue weighted by Gasteiger charge is 2.27. The first-order valence-corrected chi connectivity index (χ1v) is 13.1. The minimum Gasteiger partial charge on any atom is -0.444 e. The molecule has 180 valence electrons. The molecule has 34 heavy (non-hydrogen) atoms. The largest absolute Gasteiger partial charge is 0.444 e. The SMILES string of the molecule is CSc1nccc(-c2sc(NC3CCN(C(=O)OC(C)(C)C)CC3)nc2-c2ccc(F)cc2)n1. The predicted octanol–water partition coefficient (Wildman–Crippen LogP) is 5.94. The van der Waals surface area contributed by atoms with Crippen LogP contribution in [-0.4, -0.2) is 56.9 Å². The quantitative estimate of drug-likeness (QED) is 0.342. The first-order chi connectivity index (χ1) is 16.2. The highest BCUT2D eigenvalue weighted by atomic mass is 32.2. The van der Waals surface area contributed by atoms with Crippen LogP contribution in [-0.2, 0) is 4.74 Å². The topological polar surface area (TPSA) is 80.2 Å². The Morgan fingerprint density at radius 1 is 1.18 bits per heavy atom. The van der Waals surface area contributed by atoms with Crippen LogP contribution in [0, 0.1) is 5.82 Å². The van der Waals surface area contributed by atoms with Crippen molar-refractivity contribution in [2.75, 3.05) is 24.7 Å². The van der Waals surface area contributed by atoms with Crippen LogP contribution < -0.4 is 5.32 Å². The van der Waals surface area contributed by atoms with Crippen LogP contribution in [0.15, 0.2) is 41.7 Å². The van der Waals surface area contributed by atoms with Crippen molar-refractivity contribution in [2.45, 2.75) is 50.4 Å². The summed E-state index contributed by atoms with van der Waals surface area (Å²) in [4.78, 5) is 28.8. The highest BCUT2D eigenvalue weighted by Crippen LogP contribution is 2.39. The van der Waals surface area contributed by atoms with E-state index >= 15 is 0 Å². The van der Waals surface area contributed by atoms with E-state index in [2.05, 4.69) is 15.3 Å². The molecule has 1 aliphatic rings. The van der Waals surface area contributed by atoms with Gasteiger partial charge in [-0.2, -0.15) is 0 Å². The Hall–Kier alpha value is -2.72. The Kier molecular flexibility index (Phi) is 7.37. The van der Waals surface area contributed by atoms with Crippen LogP contribution in [0.1, 0.15) is 33.6 Å². The zero-order chi connectivity index (χ0) is 24.3. The van der Waals surface area contributed by atoms with Crippen molar-refractivity contribution in [3.63, 3.8) is 0 Å². The number of halogens is 1. The molecule has 1 fully saturated rings. The number of hydrogen-bond donors (Lipinski definition) is 1. The van der Waals surface area contributed by atoms with E-state index in [1.807, 2.05) is 33.1 Å². The molecule has 3 heterocycles. The van der Waals surface area contributed by atoms with E-state index in [9.17, 15) is 9.18 Å². The lowest BCUT2D eigenvalue weighted by atomic mass is 10.1. The Morgan fingerprint density at radius 2 is 1.88 bits per heavy atom. The van der Waals surface area contributed by atoms with Gasteiger partial charge in [0, 0.05) is 30.9 Å². The molecular formula is C24H28FN5O2S2. The van der Waals surface area contributed by atoms with Crippen molar-refractivity contribution < 1.29 is 13.9 Å². The predicted molar refractivity (Wildman–Crippen MR) is 135 cm³/mol. The number of benzene rings is 1. The molecular weight excluding hydrogens is 473 g/mol. The fourth-order valence-electron chi connectivity index (χ4n) is 3.63. The molecule has 7 nitrogen and oxygen atoms in total. The zero-order valence-corrected chi connectivity index (χ0v) is 21.3. The first kappa shape index (κ1) is 24.4. The summed E-state index contributed by atoms with van der Waals surface area (Å²) in [7, 11) is 0. The molecule has 1 N–H and O–H groups in total. The number of aromatic nitrogens is 3. The number of nitrogens with one attached hydrogen (secondary N) is 1. The Labute approximate surface area is 207 Å². The molecule has 0 aliphatic carbocycles. The Bertz CT molecular complexity index is 1140. The average molecular weight is 502 g/mol. The standard InChI is InChI=1S/C24H28FN5O2S2/c1-24(2,3)32-23(31)30-13-10-17(11-14-30)27-22-29-19(15-5-7-16(25)8-6-15)20(34-22)18-9-12-26-21(28-18)33-4/h5-9,12,17H,10-11,13-14H2,1-4H3,(H,27,29). The smallest absolute Gasteiger partial charge is 0.410 e. The highest BCUT2D eigenvalue weighted by molar-refractivity contribution is 7.98. The van der Waals surface area contributed by atoms with Crippen LogP contribution in [0.25, 0.3) is 21.8 Å². The fraction of sp³-hybridized carbons (Fsp3) is 0.417. The Balaban J connectivity index is 1.53. The van der Waals surface area contributed by atoms with Gasteiger partial charge in [-0.1, -0.05) is 23.1 Å². The van der Waals surface area contributed by atoms with Gasteiger partial charge < -0.3 is 15.0 Å². The van der Waals surface area contributed by atoms with Crippen molar-refractivity contribution >= 4 is 34.3 Å². The molecule has 0 unspecified atom stereocenters. The second-order valence-corrected chi connectivity index (χ2v) is 10.8. The summed E-state index contributed by atoms with van der Waals surface area (Å²) in [5.41, 5.74) is 1.86. The zero-order valence-electron chi connectivity index (χ0n) is 19.7. The molecule has 0 saturated carbocycles. The number of thiazole rings is 1. The molecule has 1 amide bonds. The summed E-state index contributed by atoms with van der Waals surface area (Å²) in [6.07, 6.45) is 4.99. The van der Waals surface area contributed by atoms with Crippen molar-refractivity contribution in [2.24, 2.45) is 0 Å². The summed E-state index contributed by atoms with van der Waals surface area (Å²) in [6, 6.07) is 8.38. The third kappa shape index (κ3) is 6.04. The van der Waals surface area contributed by atoms with Gasteiger partial charge in [-0.3, -0.25) is 0 Å². The van der Waals surface area contributed by atoms with E-state index in [0.29, 0.717) is 18.2 Å². The van der Waals surface area contributed by atoms with Gasteiger partial charge in [0.1, 0.15) is 11.4 Å². The second kappa shape index (κ2) is 10.3. The van der Waals surface area contributed by atoms with Crippen molar-refractivity contribution in [3.05, 3.63) is 42.3 Å². The van der Waals surface area contributed by atoms with Gasteiger partial charge >= 0.3 is 6.09 Å². The van der Waals surface area contributed by atoms with Crippen LogP contribution >= 0.6 is 23.1 Å². The number of anilines is 1. The van der Waals surface area contributed by atoms with Gasteiger partial charge in [0.25, 0.3) is 0 Å². The Morgan fingerprint density at radius 3 is 2.53 bits per heavy atom. The number of likely N-dealkylation sites (tertiary alicyclic amines) is 1. The first-order valence-electron chi connectivity index (χ1n) is 11.1. The maximum Gasteiger partial charge on any atom is 0.410 e. The molecule has 0 atom stereocenters. The lowest BCUT2D eigenvalue weighted by Gasteiger charge is -2.33. The molecule has 0 spiro atoms. The summed E-state index contributed by atoms with van der Waals surface area (Å²) in [5.74, 6) is -0.290. The number of carbonyl (C=O) groups excluding carboxylic acids is 1. The van der Waals surface area contributed by atoms with E-state index in [-0.39, 0.29) is 18.0 Å². The third-order valence-corrected chi connectivity index (χ3v) is 6.84. The van der Waals surface area contributed by atoms with Crippen LogP contribution in [0.2, 0.25) is 0 Å². The minimum atomic E-state index is -0.503. The van der Waals surface area contributed by atoms with Crippen LogP contribution in [0.5, 0.6) is 0 Å². The average Bonchev–Trinajstić information content (AvgIpc) is 3.22. The number of amides is 1. The fourth-order valence-corrected chi connectivity index (χ4v) is 5.02. The van der Waals surface area contributed by atoms with E-state index in [0.717, 1.165) is 39.8 Å². The lowest BCUT2D eigenvalue weighted by Crippen LogP contribution is -2.44. The minimum absolute atomic E-state index is 0.186. The number of ether oxygens (including phenoxy) is 1. The summed E-state index contributed by atoms with van der Waals surface area (Å²) >= 11 is 3.00. The van der Waals surface area contributed by atoms with Gasteiger partial charge in [-0.25, -0.2) is 24.1 Å². The molecule has 1 saturated heterocycles. The molecule has 0 radical (unpaired) electrons. The van der Waals surface area contributed by atoms with Crippen molar-refractivity contribution in [1.82, 2.24) is 19.9 Å². The normalized spacial score (nSPS) is 14.8. The molecule has 3 aromatic rings. The van der Waals surface area contributed by atoms with Gasteiger partial charge in [-0.05, 0) is 70.2 Å². The lowest BCUT2D eigenvalue weighted by molar-refractivity contribution is 0.0210. The van der Waals surface area contributed by atoms with Crippen molar-refractivity contribution in [1.29, 1.82) is 0 Å². The van der Waals surface area contributed by atoms with E-state index in [1.54, 1.807) is 23.2 Å². The summed E-state index contributed by atoms with van der Waals surface area (Å²) < 4.78 is 19.0. The number of piperidine rings is 1.